The molecular formula is C23H23ClN4O2. The van der Waals surface area contributed by atoms with Gasteiger partial charge in [-0.05, 0) is 56.7 Å². The molecule has 3 aromatic rings. The first-order valence-electron chi connectivity index (χ1n) is 9.76. The van der Waals surface area contributed by atoms with Crippen molar-refractivity contribution < 1.29 is 9.59 Å². The van der Waals surface area contributed by atoms with Gasteiger partial charge >= 0.3 is 0 Å². The highest BCUT2D eigenvalue weighted by Gasteiger charge is 2.48. The molecule has 30 heavy (non-hydrogen) atoms. The van der Waals surface area contributed by atoms with Gasteiger partial charge in [0.1, 0.15) is 11.2 Å². The molecule has 0 bridgehead atoms. The van der Waals surface area contributed by atoms with Gasteiger partial charge in [0, 0.05) is 17.3 Å². The number of fused-ring (bicyclic) bond motifs is 1. The van der Waals surface area contributed by atoms with Gasteiger partial charge in [-0.25, -0.2) is 0 Å². The lowest BCUT2D eigenvalue weighted by Gasteiger charge is -2.43. The van der Waals surface area contributed by atoms with Crippen LogP contribution in [0.5, 0.6) is 0 Å². The highest BCUT2D eigenvalue weighted by atomic mass is 35.5. The van der Waals surface area contributed by atoms with E-state index in [1.165, 1.54) is 0 Å². The van der Waals surface area contributed by atoms with Gasteiger partial charge in [0.05, 0.1) is 12.2 Å². The summed E-state index contributed by atoms with van der Waals surface area (Å²) in [5.41, 5.74) is 2.78. The molecule has 1 aliphatic rings. The van der Waals surface area contributed by atoms with Crippen LogP contribution in [0.3, 0.4) is 0 Å². The Hall–Kier alpha value is -3.12. The van der Waals surface area contributed by atoms with Crippen LogP contribution in [-0.2, 0) is 17.9 Å². The minimum Gasteiger partial charge on any atom is -0.350 e. The fraction of sp³-hybridized carbons (Fsp3) is 0.261. The zero-order valence-corrected chi connectivity index (χ0v) is 17.9. The summed E-state index contributed by atoms with van der Waals surface area (Å²) in [6.45, 7) is 6.21. The second kappa shape index (κ2) is 7.61. The molecule has 0 saturated carbocycles. The fourth-order valence-electron chi connectivity index (χ4n) is 3.78. The highest BCUT2D eigenvalue weighted by molar-refractivity contribution is 6.30. The lowest BCUT2D eigenvalue weighted by molar-refractivity contribution is -0.126. The number of amides is 2. The molecule has 6 nitrogen and oxygen atoms in total. The van der Waals surface area contributed by atoms with E-state index in [2.05, 4.69) is 10.4 Å². The second-order valence-corrected chi connectivity index (χ2v) is 8.32. The summed E-state index contributed by atoms with van der Waals surface area (Å²) in [5.74, 6) is -0.486. The number of nitrogens with one attached hydrogen (secondary N) is 1. The molecule has 0 aliphatic carbocycles. The molecule has 1 aromatic heterocycles. The molecule has 2 heterocycles. The quantitative estimate of drug-likeness (QED) is 0.693. The third-order valence-corrected chi connectivity index (χ3v) is 5.68. The Bertz CT molecular complexity index is 1110. The Morgan fingerprint density at radius 3 is 2.47 bits per heavy atom. The molecule has 0 radical (unpaired) electrons. The first-order chi connectivity index (χ1) is 14.3. The number of hydrogen-bond donors (Lipinski definition) is 1. The standard InChI is InChI=1S/C23H23ClN4O2/c1-15-4-10-19(11-5-15)28-21(29)20-12-16(2)26-27(20)14-23(28,3)22(30)25-13-17-6-8-18(24)9-7-17/h4-12H,13-14H2,1-3H3,(H,25,30). The van der Waals surface area contributed by atoms with E-state index in [0.717, 1.165) is 16.8 Å². The van der Waals surface area contributed by atoms with Crippen molar-refractivity contribution in [1.82, 2.24) is 15.1 Å². The van der Waals surface area contributed by atoms with Crippen molar-refractivity contribution in [3.63, 3.8) is 0 Å². The summed E-state index contributed by atoms with van der Waals surface area (Å²) in [5, 5.41) is 8.05. The van der Waals surface area contributed by atoms with Crippen molar-refractivity contribution in [2.75, 3.05) is 4.90 Å². The Morgan fingerprint density at radius 1 is 1.13 bits per heavy atom. The molecule has 1 N–H and O–H groups in total. The third kappa shape index (κ3) is 3.59. The Labute approximate surface area is 180 Å². The van der Waals surface area contributed by atoms with E-state index in [9.17, 15) is 9.59 Å². The van der Waals surface area contributed by atoms with Gasteiger partial charge in [-0.15, -0.1) is 0 Å². The molecule has 0 spiro atoms. The van der Waals surface area contributed by atoms with Gasteiger partial charge in [0.15, 0.2) is 0 Å². The summed E-state index contributed by atoms with van der Waals surface area (Å²) in [7, 11) is 0. The van der Waals surface area contributed by atoms with Crippen molar-refractivity contribution in [2.45, 2.75) is 39.4 Å². The molecule has 1 aliphatic heterocycles. The topological polar surface area (TPSA) is 67.2 Å². The van der Waals surface area contributed by atoms with E-state index in [1.54, 1.807) is 34.7 Å². The molecule has 2 amide bonds. The molecule has 1 atom stereocenters. The average molecular weight is 423 g/mol. The summed E-state index contributed by atoms with van der Waals surface area (Å²) in [6, 6.07) is 16.7. The van der Waals surface area contributed by atoms with Crippen molar-refractivity contribution in [2.24, 2.45) is 0 Å². The van der Waals surface area contributed by atoms with Crippen LogP contribution in [0.15, 0.2) is 54.6 Å². The van der Waals surface area contributed by atoms with Crippen LogP contribution in [-0.4, -0.2) is 27.1 Å². The largest absolute Gasteiger partial charge is 0.350 e. The minimum atomic E-state index is -1.13. The first kappa shape index (κ1) is 20.2. The maximum Gasteiger partial charge on any atom is 0.277 e. The van der Waals surface area contributed by atoms with E-state index in [4.69, 9.17) is 11.6 Å². The number of carbonyl (C=O) groups is 2. The van der Waals surface area contributed by atoms with E-state index >= 15 is 0 Å². The van der Waals surface area contributed by atoms with Gasteiger partial charge < -0.3 is 5.32 Å². The lowest BCUT2D eigenvalue weighted by Crippen LogP contribution is -2.64. The summed E-state index contributed by atoms with van der Waals surface area (Å²) in [6.07, 6.45) is 0. The average Bonchev–Trinajstić information content (AvgIpc) is 3.09. The Morgan fingerprint density at radius 2 is 1.80 bits per heavy atom. The Kier molecular flexibility index (Phi) is 5.12. The van der Waals surface area contributed by atoms with Gasteiger partial charge in [-0.1, -0.05) is 41.4 Å². The predicted octanol–water partition coefficient (Wildman–Crippen LogP) is 3.89. The number of halogens is 1. The number of hydrogen-bond acceptors (Lipinski definition) is 3. The second-order valence-electron chi connectivity index (χ2n) is 7.89. The minimum absolute atomic E-state index is 0.241. The van der Waals surface area contributed by atoms with Crippen molar-refractivity contribution >= 4 is 29.1 Å². The first-order valence-corrected chi connectivity index (χ1v) is 10.1. The smallest absolute Gasteiger partial charge is 0.277 e. The summed E-state index contributed by atoms with van der Waals surface area (Å²) in [4.78, 5) is 28.4. The van der Waals surface area contributed by atoms with Crippen molar-refractivity contribution in [3.05, 3.63) is 82.1 Å². The molecule has 1 unspecified atom stereocenters. The predicted molar refractivity (Wildman–Crippen MR) is 117 cm³/mol. The summed E-state index contributed by atoms with van der Waals surface area (Å²) < 4.78 is 1.63. The van der Waals surface area contributed by atoms with E-state index < -0.39 is 5.54 Å². The van der Waals surface area contributed by atoms with Crippen LogP contribution >= 0.6 is 11.6 Å². The number of anilines is 1. The van der Waals surface area contributed by atoms with Gasteiger partial charge in [0.25, 0.3) is 5.91 Å². The zero-order chi connectivity index (χ0) is 21.5. The Balaban J connectivity index is 1.69. The molecule has 0 saturated heterocycles. The maximum absolute atomic E-state index is 13.4. The lowest BCUT2D eigenvalue weighted by atomic mass is 9.93. The third-order valence-electron chi connectivity index (χ3n) is 5.42. The molecule has 7 heteroatoms. The van der Waals surface area contributed by atoms with Crippen molar-refractivity contribution in [1.29, 1.82) is 0 Å². The monoisotopic (exact) mass is 422 g/mol. The van der Waals surface area contributed by atoms with Crippen LogP contribution in [0.25, 0.3) is 0 Å². The maximum atomic E-state index is 13.4. The SMILES string of the molecule is Cc1ccc(N2C(=O)c3cc(C)nn3CC2(C)C(=O)NCc2ccc(Cl)cc2)cc1. The van der Waals surface area contributed by atoms with Crippen LogP contribution in [0.1, 0.15) is 34.2 Å². The van der Waals surface area contributed by atoms with E-state index in [-0.39, 0.29) is 18.4 Å². The van der Waals surface area contributed by atoms with Crippen LogP contribution in [0.2, 0.25) is 5.02 Å². The van der Waals surface area contributed by atoms with Gasteiger partial charge in [0.2, 0.25) is 5.91 Å². The molecule has 0 fully saturated rings. The number of aryl methyl sites for hydroxylation is 2. The van der Waals surface area contributed by atoms with Crippen molar-refractivity contribution in [3.8, 4) is 0 Å². The highest BCUT2D eigenvalue weighted by Crippen LogP contribution is 2.33. The number of aromatic nitrogens is 2. The van der Waals surface area contributed by atoms with Gasteiger partial charge in [-0.3, -0.25) is 19.2 Å². The molecule has 4 rings (SSSR count). The van der Waals surface area contributed by atoms with E-state index in [1.807, 2.05) is 50.2 Å². The van der Waals surface area contributed by atoms with E-state index in [0.29, 0.717) is 22.9 Å². The van der Waals surface area contributed by atoms with Crippen LogP contribution < -0.4 is 10.2 Å². The van der Waals surface area contributed by atoms with Gasteiger partial charge in [-0.2, -0.15) is 5.10 Å². The summed E-state index contributed by atoms with van der Waals surface area (Å²) >= 11 is 5.94. The molecule has 2 aromatic carbocycles. The molecule has 154 valence electrons. The zero-order valence-electron chi connectivity index (χ0n) is 17.1. The fourth-order valence-corrected chi connectivity index (χ4v) is 3.91. The number of benzene rings is 2. The number of rotatable bonds is 4. The molecular weight excluding hydrogens is 400 g/mol. The number of nitrogens with zero attached hydrogens (tertiary/aromatic N) is 3. The van der Waals surface area contributed by atoms with Crippen LogP contribution in [0.4, 0.5) is 5.69 Å². The van der Waals surface area contributed by atoms with Crippen LogP contribution in [0, 0.1) is 13.8 Å². The number of carbonyl (C=O) groups excluding carboxylic acids is 2. The normalized spacial score (nSPS) is 18.3.